The summed E-state index contributed by atoms with van der Waals surface area (Å²) in [4.78, 5) is 0. The first-order valence-electron chi connectivity index (χ1n) is 4.07. The van der Waals surface area contributed by atoms with Crippen molar-refractivity contribution in [1.82, 2.24) is 4.72 Å². The molecular formula is C7H16ClNO3S. The van der Waals surface area contributed by atoms with Gasteiger partial charge in [0.2, 0.25) is 10.0 Å². The first kappa shape index (κ1) is 13.2. The van der Waals surface area contributed by atoms with Gasteiger partial charge in [0.05, 0.1) is 0 Å². The van der Waals surface area contributed by atoms with Gasteiger partial charge in [0.1, 0.15) is 5.21 Å². The van der Waals surface area contributed by atoms with Crippen LogP contribution in [0.4, 0.5) is 0 Å². The Balaban J connectivity index is 4.44. The molecule has 1 unspecified atom stereocenters. The Morgan fingerprint density at radius 3 is 2.38 bits per heavy atom. The molecule has 0 aliphatic heterocycles. The number of aliphatic hydroxyl groups is 1. The summed E-state index contributed by atoms with van der Waals surface area (Å²) in [5, 5.41) is 8.28. The van der Waals surface area contributed by atoms with E-state index in [-0.39, 0.29) is 6.61 Å². The normalized spacial score (nSPS) is 16.9. The van der Waals surface area contributed by atoms with Gasteiger partial charge in [0.15, 0.2) is 0 Å². The Kier molecular flexibility index (Phi) is 5.21. The molecule has 80 valence electrons. The third-order valence-electron chi connectivity index (χ3n) is 1.99. The van der Waals surface area contributed by atoms with Gasteiger partial charge in [-0.2, -0.15) is 0 Å². The Morgan fingerprint density at radius 1 is 1.54 bits per heavy atom. The highest BCUT2D eigenvalue weighted by Crippen LogP contribution is 2.15. The van der Waals surface area contributed by atoms with E-state index >= 15 is 0 Å². The monoisotopic (exact) mass is 229 g/mol. The lowest BCUT2D eigenvalue weighted by molar-refractivity contribution is 0.233. The minimum absolute atomic E-state index is 0.0465. The van der Waals surface area contributed by atoms with Crippen molar-refractivity contribution in [3.63, 3.8) is 0 Å². The van der Waals surface area contributed by atoms with E-state index < -0.39 is 20.8 Å². The van der Waals surface area contributed by atoms with Gasteiger partial charge >= 0.3 is 0 Å². The first-order valence-corrected chi connectivity index (χ1v) is 6.26. The molecule has 4 nitrogen and oxygen atoms in total. The molecule has 2 N–H and O–H groups in total. The van der Waals surface area contributed by atoms with Crippen molar-refractivity contribution in [3.8, 4) is 0 Å². The number of halogens is 1. The van der Waals surface area contributed by atoms with Gasteiger partial charge in [0.25, 0.3) is 0 Å². The van der Waals surface area contributed by atoms with E-state index in [9.17, 15) is 8.42 Å². The Morgan fingerprint density at radius 2 is 2.08 bits per heavy atom. The largest absolute Gasteiger partial charge is 0.396 e. The standard InChI is InChI=1S/C7H16ClNO3S/c1-3-7(2,4-5-10)9-13(11,12)6-8/h9-10H,3-6H2,1-2H3. The van der Waals surface area contributed by atoms with Crippen molar-refractivity contribution in [2.75, 3.05) is 11.8 Å². The number of hydrogen-bond acceptors (Lipinski definition) is 3. The molecule has 0 heterocycles. The van der Waals surface area contributed by atoms with E-state index in [0.717, 1.165) is 0 Å². The fourth-order valence-electron chi connectivity index (χ4n) is 0.949. The van der Waals surface area contributed by atoms with Crippen LogP contribution in [0.5, 0.6) is 0 Å². The zero-order chi connectivity index (χ0) is 10.5. The molecule has 0 amide bonds. The second kappa shape index (κ2) is 5.14. The first-order chi connectivity index (χ1) is 5.89. The Labute approximate surface area is 84.3 Å². The molecule has 1 atom stereocenters. The summed E-state index contributed by atoms with van der Waals surface area (Å²) < 4.78 is 24.7. The molecule has 0 fully saturated rings. The lowest BCUT2D eigenvalue weighted by atomic mass is 9.97. The zero-order valence-corrected chi connectivity index (χ0v) is 9.45. The molecule has 0 aromatic carbocycles. The van der Waals surface area contributed by atoms with Gasteiger partial charge in [-0.05, 0) is 19.8 Å². The molecule has 0 bridgehead atoms. The summed E-state index contributed by atoms with van der Waals surface area (Å²) in [5.41, 5.74) is -0.595. The van der Waals surface area contributed by atoms with Crippen LogP contribution in [0.15, 0.2) is 0 Å². The second-order valence-corrected chi connectivity index (χ2v) is 5.52. The van der Waals surface area contributed by atoms with Gasteiger partial charge in [-0.1, -0.05) is 6.92 Å². The van der Waals surface area contributed by atoms with Crippen LogP contribution < -0.4 is 4.72 Å². The van der Waals surface area contributed by atoms with Crippen LogP contribution in [0, 0.1) is 0 Å². The lowest BCUT2D eigenvalue weighted by Crippen LogP contribution is -2.46. The van der Waals surface area contributed by atoms with Gasteiger partial charge in [0, 0.05) is 12.1 Å². The van der Waals surface area contributed by atoms with Crippen molar-refractivity contribution in [2.24, 2.45) is 0 Å². The van der Waals surface area contributed by atoms with Crippen LogP contribution in [-0.4, -0.2) is 30.9 Å². The highest BCUT2D eigenvalue weighted by molar-refractivity contribution is 7.90. The number of rotatable bonds is 6. The molecule has 0 aromatic heterocycles. The predicted molar refractivity (Wildman–Crippen MR) is 53.2 cm³/mol. The number of alkyl halides is 1. The molecule has 0 spiro atoms. The number of aliphatic hydroxyl groups excluding tert-OH is 1. The summed E-state index contributed by atoms with van der Waals surface area (Å²) in [7, 11) is -3.41. The SMILES string of the molecule is CCC(C)(CCO)NS(=O)(=O)CCl. The van der Waals surface area contributed by atoms with Crippen LogP contribution >= 0.6 is 11.6 Å². The summed E-state index contributed by atoms with van der Waals surface area (Å²) in [5.74, 6) is 0. The van der Waals surface area contributed by atoms with E-state index in [1.165, 1.54) is 0 Å². The Hall–Kier alpha value is 0.160. The molecule has 0 rings (SSSR count). The molecule has 0 radical (unpaired) electrons. The molecule has 13 heavy (non-hydrogen) atoms. The van der Waals surface area contributed by atoms with E-state index in [0.29, 0.717) is 12.8 Å². The van der Waals surface area contributed by atoms with Gasteiger partial charge in [-0.3, -0.25) is 0 Å². The highest BCUT2D eigenvalue weighted by Gasteiger charge is 2.26. The van der Waals surface area contributed by atoms with Crippen LogP contribution in [-0.2, 0) is 10.0 Å². The van der Waals surface area contributed by atoms with Gasteiger partial charge in [-0.15, -0.1) is 11.6 Å². The lowest BCUT2D eigenvalue weighted by Gasteiger charge is -2.27. The predicted octanol–water partition coefficient (Wildman–Crippen LogP) is 0.653. The molecule has 0 aliphatic rings. The maximum absolute atomic E-state index is 11.1. The van der Waals surface area contributed by atoms with Gasteiger partial charge < -0.3 is 5.11 Å². The van der Waals surface area contributed by atoms with Crippen LogP contribution in [0.3, 0.4) is 0 Å². The molecular weight excluding hydrogens is 214 g/mol. The van der Waals surface area contributed by atoms with E-state index in [2.05, 4.69) is 4.72 Å². The third kappa shape index (κ3) is 4.81. The highest BCUT2D eigenvalue weighted by atomic mass is 35.5. The summed E-state index contributed by atoms with van der Waals surface area (Å²) in [6.07, 6.45) is 1.00. The van der Waals surface area contributed by atoms with Crippen LogP contribution in [0.1, 0.15) is 26.7 Å². The number of sulfonamides is 1. The van der Waals surface area contributed by atoms with E-state index in [1.807, 2.05) is 6.92 Å². The molecule has 0 saturated heterocycles. The van der Waals surface area contributed by atoms with Crippen molar-refractivity contribution >= 4 is 21.6 Å². The summed E-state index contributed by atoms with van der Waals surface area (Å²) in [6.45, 7) is 3.55. The second-order valence-electron chi connectivity index (χ2n) is 3.21. The molecule has 0 aromatic rings. The maximum Gasteiger partial charge on any atom is 0.226 e. The fraction of sp³-hybridized carbons (Fsp3) is 1.00. The van der Waals surface area contributed by atoms with Crippen molar-refractivity contribution < 1.29 is 13.5 Å². The zero-order valence-electron chi connectivity index (χ0n) is 7.88. The van der Waals surface area contributed by atoms with Crippen molar-refractivity contribution in [1.29, 1.82) is 0 Å². The Bertz CT molecular complexity index is 242. The summed E-state index contributed by atoms with van der Waals surface area (Å²) >= 11 is 5.24. The minimum atomic E-state index is -3.41. The maximum atomic E-state index is 11.1. The molecule has 0 aliphatic carbocycles. The van der Waals surface area contributed by atoms with E-state index in [4.69, 9.17) is 16.7 Å². The third-order valence-corrected chi connectivity index (χ3v) is 3.94. The quantitative estimate of drug-likeness (QED) is 0.658. The molecule has 6 heteroatoms. The number of hydrogen-bond donors (Lipinski definition) is 2. The summed E-state index contributed by atoms with van der Waals surface area (Å²) in [6, 6.07) is 0. The van der Waals surface area contributed by atoms with E-state index in [1.54, 1.807) is 6.92 Å². The number of nitrogens with one attached hydrogen (secondary N) is 1. The van der Waals surface area contributed by atoms with Crippen LogP contribution in [0.2, 0.25) is 0 Å². The molecule has 0 saturated carbocycles. The van der Waals surface area contributed by atoms with Crippen molar-refractivity contribution in [2.45, 2.75) is 32.2 Å². The average molecular weight is 230 g/mol. The average Bonchev–Trinajstić information content (AvgIpc) is 2.04. The topological polar surface area (TPSA) is 66.4 Å². The fourth-order valence-corrected chi connectivity index (χ4v) is 2.16. The van der Waals surface area contributed by atoms with Crippen LogP contribution in [0.25, 0.3) is 0 Å². The van der Waals surface area contributed by atoms with Crippen molar-refractivity contribution in [3.05, 3.63) is 0 Å². The van der Waals surface area contributed by atoms with Gasteiger partial charge in [-0.25, -0.2) is 13.1 Å². The minimum Gasteiger partial charge on any atom is -0.396 e. The smallest absolute Gasteiger partial charge is 0.226 e.